The van der Waals surface area contributed by atoms with Crippen LogP contribution in [-0.2, 0) is 11.3 Å². The maximum atomic E-state index is 10.8. The van der Waals surface area contributed by atoms with Gasteiger partial charge in [0.2, 0.25) is 5.82 Å². The molecule has 0 spiro atoms. The normalized spacial score (nSPS) is 18.0. The smallest absolute Gasteiger partial charge is 0.330 e. The highest BCUT2D eigenvalue weighted by Gasteiger charge is 2.27. The monoisotopic (exact) mass is 260 g/mol. The average molecular weight is 260 g/mol. The molecule has 7 heteroatoms. The molecule has 0 saturated heterocycles. The van der Waals surface area contributed by atoms with E-state index in [1.165, 1.54) is 10.9 Å². The molecular weight excluding hydrogens is 248 g/mol. The Bertz CT molecular complexity index is 638. The summed E-state index contributed by atoms with van der Waals surface area (Å²) in [6, 6.07) is 7.56. The molecule has 1 atom stereocenters. The Balaban J connectivity index is 2.07. The molecule has 0 aliphatic carbocycles. The first-order valence-corrected chi connectivity index (χ1v) is 5.81. The highest BCUT2D eigenvalue weighted by atomic mass is 16.6. The van der Waals surface area contributed by atoms with Gasteiger partial charge in [-0.05, 0) is 11.1 Å². The fourth-order valence-corrected chi connectivity index (χ4v) is 2.31. The molecule has 0 fully saturated rings. The quantitative estimate of drug-likeness (QED) is 0.651. The van der Waals surface area contributed by atoms with Gasteiger partial charge in [0.05, 0.1) is 18.1 Å². The zero-order chi connectivity index (χ0) is 13.4. The van der Waals surface area contributed by atoms with Gasteiger partial charge < -0.3 is 10.5 Å². The Morgan fingerprint density at radius 2 is 2.26 bits per heavy atom. The predicted octanol–water partition coefficient (Wildman–Crippen LogP) is 1.49. The molecule has 7 nitrogen and oxygen atoms in total. The fourth-order valence-electron chi connectivity index (χ4n) is 2.31. The molecule has 1 aromatic heterocycles. The summed E-state index contributed by atoms with van der Waals surface area (Å²) in [4.78, 5) is 10.3. The van der Waals surface area contributed by atoms with E-state index in [-0.39, 0.29) is 17.5 Å². The number of hydrogen-bond acceptors (Lipinski definition) is 5. The Morgan fingerprint density at radius 3 is 3.00 bits per heavy atom. The zero-order valence-corrected chi connectivity index (χ0v) is 10.0. The van der Waals surface area contributed by atoms with Gasteiger partial charge in [0, 0.05) is 0 Å². The van der Waals surface area contributed by atoms with E-state index in [2.05, 4.69) is 5.10 Å². The molecule has 0 amide bonds. The van der Waals surface area contributed by atoms with Crippen LogP contribution in [0.5, 0.6) is 0 Å². The van der Waals surface area contributed by atoms with Crippen LogP contribution in [0, 0.1) is 10.1 Å². The van der Waals surface area contributed by atoms with Crippen LogP contribution in [-0.4, -0.2) is 21.3 Å². The van der Waals surface area contributed by atoms with Gasteiger partial charge in [0.1, 0.15) is 12.2 Å². The lowest BCUT2D eigenvalue weighted by Gasteiger charge is -2.26. The molecule has 0 bridgehead atoms. The van der Waals surface area contributed by atoms with Gasteiger partial charge in [-0.2, -0.15) is 5.10 Å². The Labute approximate surface area is 108 Å². The summed E-state index contributed by atoms with van der Waals surface area (Å²) in [5, 5.41) is 14.8. The van der Waals surface area contributed by atoms with Crippen LogP contribution in [0.15, 0.2) is 30.5 Å². The summed E-state index contributed by atoms with van der Waals surface area (Å²) in [5.74, 6) is 0.0512. The molecule has 98 valence electrons. The van der Waals surface area contributed by atoms with Crippen LogP contribution in [0.1, 0.15) is 17.2 Å². The number of anilines is 1. The number of aromatic nitrogens is 2. The van der Waals surface area contributed by atoms with E-state index in [4.69, 9.17) is 10.5 Å². The standard InChI is InChI=1S/C12H12N4O3/c13-12-10(16(17)18)5-14-15(12)11-7-19-6-8-3-1-2-4-9(8)11/h1-5,11H,6-7,13H2. The number of nitrogen functional groups attached to an aromatic ring is 1. The molecule has 2 aromatic rings. The van der Waals surface area contributed by atoms with E-state index in [0.717, 1.165) is 11.1 Å². The molecule has 1 aromatic carbocycles. The SMILES string of the molecule is Nc1c([N+](=O)[O-])cnn1C1COCc2ccccc21. The second kappa shape index (κ2) is 4.36. The molecular formula is C12H12N4O3. The van der Waals surface area contributed by atoms with Crippen molar-refractivity contribution in [3.8, 4) is 0 Å². The van der Waals surface area contributed by atoms with Crippen molar-refractivity contribution in [1.82, 2.24) is 9.78 Å². The van der Waals surface area contributed by atoms with E-state index in [1.54, 1.807) is 0 Å². The Kier molecular flexibility index (Phi) is 2.68. The summed E-state index contributed by atoms with van der Waals surface area (Å²) in [6.45, 7) is 0.940. The molecule has 19 heavy (non-hydrogen) atoms. The summed E-state index contributed by atoms with van der Waals surface area (Å²) >= 11 is 0. The fraction of sp³-hybridized carbons (Fsp3) is 0.250. The molecule has 1 aliphatic rings. The Hall–Kier alpha value is -2.41. The largest absolute Gasteiger partial charge is 0.378 e. The van der Waals surface area contributed by atoms with E-state index < -0.39 is 4.92 Å². The maximum absolute atomic E-state index is 10.8. The summed E-state index contributed by atoms with van der Waals surface area (Å²) in [5.41, 5.74) is 7.71. The van der Waals surface area contributed by atoms with Crippen molar-refractivity contribution in [3.05, 3.63) is 51.7 Å². The van der Waals surface area contributed by atoms with Crippen molar-refractivity contribution in [3.63, 3.8) is 0 Å². The number of ether oxygens (including phenoxy) is 1. The number of nitro groups is 1. The molecule has 1 aliphatic heterocycles. The van der Waals surface area contributed by atoms with Crippen molar-refractivity contribution in [2.45, 2.75) is 12.6 Å². The van der Waals surface area contributed by atoms with Gasteiger partial charge in [-0.1, -0.05) is 24.3 Å². The first kappa shape index (κ1) is 11.7. The van der Waals surface area contributed by atoms with Crippen LogP contribution in [0.3, 0.4) is 0 Å². The van der Waals surface area contributed by atoms with Crippen LogP contribution in [0.4, 0.5) is 11.5 Å². The van der Waals surface area contributed by atoms with E-state index >= 15 is 0 Å². The molecule has 0 saturated carbocycles. The number of hydrogen-bond donors (Lipinski definition) is 1. The predicted molar refractivity (Wildman–Crippen MR) is 67.5 cm³/mol. The van der Waals surface area contributed by atoms with Gasteiger partial charge in [0.15, 0.2) is 0 Å². The molecule has 2 heterocycles. The lowest BCUT2D eigenvalue weighted by Crippen LogP contribution is -2.25. The number of benzene rings is 1. The van der Waals surface area contributed by atoms with E-state index in [9.17, 15) is 10.1 Å². The van der Waals surface area contributed by atoms with Crippen LogP contribution >= 0.6 is 0 Å². The van der Waals surface area contributed by atoms with Gasteiger partial charge in [-0.3, -0.25) is 10.1 Å². The zero-order valence-electron chi connectivity index (χ0n) is 10.0. The first-order chi connectivity index (χ1) is 9.18. The topological polar surface area (TPSA) is 96.2 Å². The molecule has 3 rings (SSSR count). The van der Waals surface area contributed by atoms with Gasteiger partial charge in [-0.25, -0.2) is 4.68 Å². The summed E-state index contributed by atoms with van der Waals surface area (Å²) < 4.78 is 6.96. The minimum absolute atomic E-state index is 0.0512. The summed E-state index contributed by atoms with van der Waals surface area (Å²) in [6.07, 6.45) is 1.17. The van der Waals surface area contributed by atoms with Crippen molar-refractivity contribution >= 4 is 11.5 Å². The van der Waals surface area contributed by atoms with Crippen molar-refractivity contribution in [1.29, 1.82) is 0 Å². The maximum Gasteiger partial charge on any atom is 0.330 e. The van der Waals surface area contributed by atoms with Crippen LogP contribution < -0.4 is 5.73 Å². The van der Waals surface area contributed by atoms with Crippen LogP contribution in [0.2, 0.25) is 0 Å². The lowest BCUT2D eigenvalue weighted by molar-refractivity contribution is -0.384. The molecule has 2 N–H and O–H groups in total. The third kappa shape index (κ3) is 1.84. The second-order valence-electron chi connectivity index (χ2n) is 4.35. The third-order valence-corrected chi connectivity index (χ3v) is 3.25. The lowest BCUT2D eigenvalue weighted by atomic mass is 9.99. The number of fused-ring (bicyclic) bond motifs is 1. The number of rotatable bonds is 2. The minimum Gasteiger partial charge on any atom is -0.378 e. The number of nitrogens with two attached hydrogens (primary N) is 1. The summed E-state index contributed by atoms with van der Waals surface area (Å²) in [7, 11) is 0. The van der Waals surface area contributed by atoms with E-state index in [1.807, 2.05) is 24.3 Å². The molecule has 1 unspecified atom stereocenters. The van der Waals surface area contributed by atoms with Crippen LogP contribution in [0.25, 0.3) is 0 Å². The minimum atomic E-state index is -0.533. The number of nitrogens with zero attached hydrogens (tertiary/aromatic N) is 3. The second-order valence-corrected chi connectivity index (χ2v) is 4.35. The molecule has 0 radical (unpaired) electrons. The van der Waals surface area contributed by atoms with Gasteiger partial charge >= 0.3 is 5.69 Å². The van der Waals surface area contributed by atoms with E-state index in [0.29, 0.717) is 13.2 Å². The van der Waals surface area contributed by atoms with Gasteiger partial charge in [-0.15, -0.1) is 0 Å². The Morgan fingerprint density at radius 1 is 1.47 bits per heavy atom. The highest BCUT2D eigenvalue weighted by molar-refractivity contribution is 5.52. The highest BCUT2D eigenvalue weighted by Crippen LogP contribution is 2.32. The first-order valence-electron chi connectivity index (χ1n) is 5.81. The van der Waals surface area contributed by atoms with Gasteiger partial charge in [0.25, 0.3) is 0 Å². The van der Waals surface area contributed by atoms with Crippen molar-refractivity contribution in [2.24, 2.45) is 0 Å². The van der Waals surface area contributed by atoms with Crippen molar-refractivity contribution < 1.29 is 9.66 Å². The average Bonchev–Trinajstić information content (AvgIpc) is 2.80. The van der Waals surface area contributed by atoms with Crippen molar-refractivity contribution in [2.75, 3.05) is 12.3 Å². The third-order valence-electron chi connectivity index (χ3n) is 3.25.